The highest BCUT2D eigenvalue weighted by Gasteiger charge is 2.39. The summed E-state index contributed by atoms with van der Waals surface area (Å²) in [5.74, 6) is -0.388. The number of hydrogen-bond donors (Lipinski definition) is 1. The molecule has 1 N–H and O–H groups in total. The van der Waals surface area contributed by atoms with Gasteiger partial charge in [-0.3, -0.25) is 14.6 Å². The molecule has 22 heavy (non-hydrogen) atoms. The van der Waals surface area contributed by atoms with Gasteiger partial charge >= 0.3 is 0 Å². The van der Waals surface area contributed by atoms with Gasteiger partial charge in [-0.1, -0.05) is 15.9 Å². The third-order valence-corrected chi connectivity index (χ3v) is 4.06. The normalized spacial score (nSPS) is 18.0. The first kappa shape index (κ1) is 14.9. The second kappa shape index (κ2) is 6.37. The monoisotopic (exact) mass is 359 g/mol. The predicted molar refractivity (Wildman–Crippen MR) is 86.1 cm³/mol. The SMILES string of the molecule is O=C1CC(NCc2ccncc2)C(=O)N1c1ccc(Br)cc1. The minimum atomic E-state index is -0.482. The summed E-state index contributed by atoms with van der Waals surface area (Å²) in [5.41, 5.74) is 1.63. The van der Waals surface area contributed by atoms with Gasteiger partial charge in [0.25, 0.3) is 5.91 Å². The molecule has 112 valence electrons. The van der Waals surface area contributed by atoms with Crippen LogP contribution in [0.25, 0.3) is 0 Å². The fourth-order valence-electron chi connectivity index (χ4n) is 2.39. The van der Waals surface area contributed by atoms with E-state index < -0.39 is 6.04 Å². The number of carbonyl (C=O) groups excluding carboxylic acids is 2. The molecule has 1 aromatic heterocycles. The van der Waals surface area contributed by atoms with E-state index in [9.17, 15) is 9.59 Å². The lowest BCUT2D eigenvalue weighted by Crippen LogP contribution is -2.38. The van der Waals surface area contributed by atoms with Crippen molar-refractivity contribution < 1.29 is 9.59 Å². The van der Waals surface area contributed by atoms with Crippen LogP contribution in [-0.2, 0) is 16.1 Å². The standard InChI is InChI=1S/C16H14BrN3O2/c17-12-1-3-13(4-2-12)20-15(21)9-14(16(20)22)19-10-11-5-7-18-8-6-11/h1-8,14,19H,9-10H2. The van der Waals surface area contributed by atoms with E-state index in [4.69, 9.17) is 0 Å². The molecule has 5 nitrogen and oxygen atoms in total. The molecule has 0 bridgehead atoms. The Hall–Kier alpha value is -2.05. The molecule has 0 spiro atoms. The Kier molecular flexibility index (Phi) is 4.31. The van der Waals surface area contributed by atoms with E-state index in [2.05, 4.69) is 26.2 Å². The highest BCUT2D eigenvalue weighted by molar-refractivity contribution is 9.10. The van der Waals surface area contributed by atoms with Crippen molar-refractivity contribution in [3.05, 3.63) is 58.8 Å². The highest BCUT2D eigenvalue weighted by Crippen LogP contribution is 2.24. The summed E-state index contributed by atoms with van der Waals surface area (Å²) in [6.07, 6.45) is 3.58. The molecule has 2 amide bonds. The quantitative estimate of drug-likeness (QED) is 0.850. The number of anilines is 1. The first-order chi connectivity index (χ1) is 10.6. The Bertz CT molecular complexity index is 688. The number of nitrogens with one attached hydrogen (secondary N) is 1. The molecular weight excluding hydrogens is 346 g/mol. The van der Waals surface area contributed by atoms with Crippen molar-refractivity contribution >= 4 is 33.4 Å². The van der Waals surface area contributed by atoms with Crippen LogP contribution < -0.4 is 10.2 Å². The molecule has 0 aliphatic carbocycles. The van der Waals surface area contributed by atoms with Gasteiger partial charge in [-0.15, -0.1) is 0 Å². The summed E-state index contributed by atoms with van der Waals surface area (Å²) in [6.45, 7) is 0.528. The highest BCUT2D eigenvalue weighted by atomic mass is 79.9. The smallest absolute Gasteiger partial charge is 0.251 e. The zero-order valence-corrected chi connectivity index (χ0v) is 13.3. The van der Waals surface area contributed by atoms with E-state index in [1.165, 1.54) is 4.90 Å². The predicted octanol–water partition coefficient (Wildman–Crippen LogP) is 2.27. The molecule has 1 aromatic carbocycles. The maximum absolute atomic E-state index is 12.4. The van der Waals surface area contributed by atoms with E-state index in [0.717, 1.165) is 10.0 Å². The molecule has 6 heteroatoms. The lowest BCUT2D eigenvalue weighted by molar-refractivity contribution is -0.121. The molecule has 1 fully saturated rings. The van der Waals surface area contributed by atoms with Crippen molar-refractivity contribution in [1.82, 2.24) is 10.3 Å². The van der Waals surface area contributed by atoms with E-state index in [-0.39, 0.29) is 18.2 Å². The van der Waals surface area contributed by atoms with E-state index >= 15 is 0 Å². The summed E-state index contributed by atoms with van der Waals surface area (Å²) in [4.78, 5) is 29.8. The van der Waals surface area contributed by atoms with Crippen LogP contribution in [0.4, 0.5) is 5.69 Å². The van der Waals surface area contributed by atoms with Crippen molar-refractivity contribution in [1.29, 1.82) is 0 Å². The molecule has 2 heterocycles. The topological polar surface area (TPSA) is 62.3 Å². The minimum absolute atomic E-state index is 0.181. The van der Waals surface area contributed by atoms with Crippen LogP contribution >= 0.6 is 15.9 Å². The Morgan fingerprint density at radius 3 is 2.50 bits per heavy atom. The van der Waals surface area contributed by atoms with Crippen LogP contribution in [-0.4, -0.2) is 22.8 Å². The first-order valence-electron chi connectivity index (χ1n) is 6.90. The third kappa shape index (κ3) is 3.08. The molecule has 2 aromatic rings. The summed E-state index contributed by atoms with van der Waals surface area (Å²) >= 11 is 3.34. The van der Waals surface area contributed by atoms with E-state index in [1.807, 2.05) is 24.3 Å². The number of benzene rings is 1. The largest absolute Gasteiger partial charge is 0.301 e. The summed E-state index contributed by atoms with van der Waals surface area (Å²) < 4.78 is 0.905. The van der Waals surface area contributed by atoms with Gasteiger partial charge in [-0.2, -0.15) is 0 Å². The van der Waals surface area contributed by atoms with Crippen LogP contribution in [0.3, 0.4) is 0 Å². The van der Waals surface area contributed by atoms with Gasteiger partial charge in [-0.25, -0.2) is 4.90 Å². The maximum atomic E-state index is 12.4. The molecule has 1 aliphatic rings. The van der Waals surface area contributed by atoms with Crippen LogP contribution in [0.5, 0.6) is 0 Å². The molecule has 0 radical (unpaired) electrons. The average molecular weight is 360 g/mol. The van der Waals surface area contributed by atoms with Crippen molar-refractivity contribution in [2.45, 2.75) is 19.0 Å². The second-order valence-electron chi connectivity index (χ2n) is 5.04. The Morgan fingerprint density at radius 2 is 1.82 bits per heavy atom. The van der Waals surface area contributed by atoms with Crippen LogP contribution in [0.2, 0.25) is 0 Å². The van der Waals surface area contributed by atoms with Crippen LogP contribution in [0.15, 0.2) is 53.3 Å². The average Bonchev–Trinajstić information content (AvgIpc) is 2.82. The number of halogens is 1. The number of carbonyl (C=O) groups is 2. The van der Waals surface area contributed by atoms with Gasteiger partial charge < -0.3 is 5.32 Å². The Morgan fingerprint density at radius 1 is 1.14 bits per heavy atom. The van der Waals surface area contributed by atoms with Crippen molar-refractivity contribution in [2.75, 3.05) is 4.90 Å². The molecule has 0 saturated carbocycles. The molecule has 1 unspecified atom stereocenters. The van der Waals surface area contributed by atoms with Gasteiger partial charge in [0.15, 0.2) is 0 Å². The summed E-state index contributed by atoms with van der Waals surface area (Å²) in [5, 5.41) is 3.14. The van der Waals surface area contributed by atoms with E-state index in [0.29, 0.717) is 12.2 Å². The zero-order chi connectivity index (χ0) is 15.5. The van der Waals surface area contributed by atoms with Crippen LogP contribution in [0, 0.1) is 0 Å². The Labute approximate surface area is 136 Å². The fourth-order valence-corrected chi connectivity index (χ4v) is 2.66. The number of aromatic nitrogens is 1. The van der Waals surface area contributed by atoms with Gasteiger partial charge in [0.2, 0.25) is 5.91 Å². The van der Waals surface area contributed by atoms with Crippen molar-refractivity contribution in [3.63, 3.8) is 0 Å². The number of nitrogens with zero attached hydrogens (tertiary/aromatic N) is 2. The van der Waals surface area contributed by atoms with E-state index in [1.54, 1.807) is 24.5 Å². The Balaban J connectivity index is 1.70. The number of imide groups is 1. The van der Waals surface area contributed by atoms with Gasteiger partial charge in [0.05, 0.1) is 18.2 Å². The summed E-state index contributed by atoms with van der Waals surface area (Å²) in [6, 6.07) is 10.4. The van der Waals surface area contributed by atoms with Crippen molar-refractivity contribution in [3.8, 4) is 0 Å². The van der Waals surface area contributed by atoms with Gasteiger partial charge in [0, 0.05) is 23.4 Å². The number of hydrogen-bond acceptors (Lipinski definition) is 4. The second-order valence-corrected chi connectivity index (χ2v) is 5.95. The minimum Gasteiger partial charge on any atom is -0.301 e. The van der Waals surface area contributed by atoms with Gasteiger partial charge in [0.1, 0.15) is 0 Å². The lowest BCUT2D eigenvalue weighted by Gasteiger charge is -2.15. The molecule has 3 rings (SSSR count). The third-order valence-electron chi connectivity index (χ3n) is 3.53. The number of pyridine rings is 1. The molecule has 1 aliphatic heterocycles. The number of rotatable bonds is 4. The number of amides is 2. The lowest BCUT2D eigenvalue weighted by atomic mass is 10.2. The molecule has 1 atom stereocenters. The zero-order valence-electron chi connectivity index (χ0n) is 11.7. The van der Waals surface area contributed by atoms with Crippen LogP contribution in [0.1, 0.15) is 12.0 Å². The maximum Gasteiger partial charge on any atom is 0.251 e. The fraction of sp³-hybridized carbons (Fsp3) is 0.188. The van der Waals surface area contributed by atoms with Crippen molar-refractivity contribution in [2.24, 2.45) is 0 Å². The first-order valence-corrected chi connectivity index (χ1v) is 7.69. The van der Waals surface area contributed by atoms with Gasteiger partial charge in [-0.05, 0) is 42.0 Å². The molecule has 1 saturated heterocycles. The summed E-state index contributed by atoms with van der Waals surface area (Å²) in [7, 11) is 0. The molecular formula is C16H14BrN3O2.